The predicted octanol–water partition coefficient (Wildman–Crippen LogP) is 3.44. The van der Waals surface area contributed by atoms with Crippen molar-refractivity contribution < 1.29 is 0 Å². The molecule has 0 aliphatic heterocycles. The minimum atomic E-state index is 0.258. The fraction of sp³-hybridized carbons (Fsp3) is 0.500. The Hall–Kier alpha value is -0.340. The lowest BCUT2D eigenvalue weighted by molar-refractivity contribution is 0.460. The van der Waals surface area contributed by atoms with E-state index in [-0.39, 0.29) is 5.54 Å². The van der Waals surface area contributed by atoms with E-state index in [1.165, 1.54) is 22.9 Å². The fourth-order valence-corrected chi connectivity index (χ4v) is 2.68. The number of hydrogen-bond donors (Lipinski definition) is 1. The van der Waals surface area contributed by atoms with Gasteiger partial charge in [0.2, 0.25) is 0 Å². The number of rotatable bonds is 3. The van der Waals surface area contributed by atoms with Crippen LogP contribution >= 0.6 is 15.9 Å². The molecule has 0 aromatic heterocycles. The van der Waals surface area contributed by atoms with Gasteiger partial charge in [-0.05, 0) is 24.5 Å². The highest BCUT2D eigenvalue weighted by atomic mass is 79.9. The molecule has 1 fully saturated rings. The van der Waals surface area contributed by atoms with Crippen LogP contribution in [0.1, 0.15) is 32.3 Å². The van der Waals surface area contributed by atoms with E-state index in [0.717, 1.165) is 0 Å². The van der Waals surface area contributed by atoms with E-state index < -0.39 is 0 Å². The van der Waals surface area contributed by atoms with Crippen LogP contribution in [0.2, 0.25) is 0 Å². The minimum Gasteiger partial charge on any atom is -0.305 e. The van der Waals surface area contributed by atoms with Crippen LogP contribution < -0.4 is 5.32 Å². The molecule has 0 unspecified atom stereocenters. The first-order valence-corrected chi connectivity index (χ1v) is 5.96. The van der Waals surface area contributed by atoms with E-state index in [4.69, 9.17) is 0 Å². The van der Waals surface area contributed by atoms with Crippen molar-refractivity contribution in [2.75, 3.05) is 0 Å². The van der Waals surface area contributed by atoms with Gasteiger partial charge in [0, 0.05) is 16.1 Å². The van der Waals surface area contributed by atoms with Gasteiger partial charge in [-0.25, -0.2) is 0 Å². The molecule has 0 bridgehead atoms. The molecular weight excluding hydrogens is 238 g/mol. The second-order valence-corrected chi connectivity index (χ2v) is 5.22. The number of hydrogen-bond acceptors (Lipinski definition) is 1. The van der Waals surface area contributed by atoms with E-state index in [2.05, 4.69) is 59.4 Å². The molecule has 0 amide bonds. The summed E-state index contributed by atoms with van der Waals surface area (Å²) in [5.41, 5.74) is 1.67. The average Bonchev–Trinajstić information content (AvgIpc) is 2.85. The van der Waals surface area contributed by atoms with Crippen LogP contribution in [-0.2, 0) is 5.54 Å². The van der Waals surface area contributed by atoms with Crippen molar-refractivity contribution >= 4 is 15.9 Å². The Labute approximate surface area is 94.0 Å². The summed E-state index contributed by atoms with van der Waals surface area (Å²) in [6.45, 7) is 4.41. The zero-order valence-corrected chi connectivity index (χ0v) is 10.3. The van der Waals surface area contributed by atoms with Crippen molar-refractivity contribution in [2.24, 2.45) is 0 Å². The summed E-state index contributed by atoms with van der Waals surface area (Å²) in [4.78, 5) is 0. The first kappa shape index (κ1) is 10.2. The van der Waals surface area contributed by atoms with Crippen LogP contribution in [0, 0.1) is 0 Å². The largest absolute Gasteiger partial charge is 0.305 e. The van der Waals surface area contributed by atoms with Gasteiger partial charge < -0.3 is 5.32 Å². The van der Waals surface area contributed by atoms with Gasteiger partial charge in [0.25, 0.3) is 0 Å². The molecule has 1 aromatic rings. The van der Waals surface area contributed by atoms with Gasteiger partial charge in [0.1, 0.15) is 0 Å². The van der Waals surface area contributed by atoms with Gasteiger partial charge in [-0.15, -0.1) is 0 Å². The highest BCUT2D eigenvalue weighted by Crippen LogP contribution is 2.48. The molecule has 1 N–H and O–H groups in total. The number of nitrogens with one attached hydrogen (secondary N) is 1. The van der Waals surface area contributed by atoms with E-state index >= 15 is 0 Å². The van der Waals surface area contributed by atoms with Crippen LogP contribution in [0.25, 0.3) is 0 Å². The molecule has 0 radical (unpaired) electrons. The SMILES string of the molecule is CC(C)NC1(c2ccccc2Br)CC1. The molecule has 76 valence electrons. The molecule has 2 rings (SSSR count). The minimum absolute atomic E-state index is 0.258. The summed E-state index contributed by atoms with van der Waals surface area (Å²) in [5, 5.41) is 3.66. The number of halogens is 1. The van der Waals surface area contributed by atoms with Crippen LogP contribution in [-0.4, -0.2) is 6.04 Å². The summed E-state index contributed by atoms with van der Waals surface area (Å²) in [5.74, 6) is 0. The molecular formula is C12H16BrN. The van der Waals surface area contributed by atoms with Crippen LogP contribution in [0.5, 0.6) is 0 Å². The first-order chi connectivity index (χ1) is 6.64. The summed E-state index contributed by atoms with van der Waals surface area (Å²) in [7, 11) is 0. The van der Waals surface area contributed by atoms with E-state index in [1.807, 2.05) is 0 Å². The van der Waals surface area contributed by atoms with Gasteiger partial charge in [-0.1, -0.05) is 48.0 Å². The standard InChI is InChI=1S/C12H16BrN/c1-9(2)14-12(7-8-12)10-5-3-4-6-11(10)13/h3-6,9,14H,7-8H2,1-2H3. The monoisotopic (exact) mass is 253 g/mol. The molecule has 1 nitrogen and oxygen atoms in total. The maximum absolute atomic E-state index is 3.66. The van der Waals surface area contributed by atoms with Crippen molar-refractivity contribution in [3.63, 3.8) is 0 Å². The van der Waals surface area contributed by atoms with Gasteiger partial charge >= 0.3 is 0 Å². The lowest BCUT2D eigenvalue weighted by Crippen LogP contribution is -2.34. The van der Waals surface area contributed by atoms with Crippen molar-refractivity contribution in [1.29, 1.82) is 0 Å². The first-order valence-electron chi connectivity index (χ1n) is 5.17. The Kier molecular flexibility index (Phi) is 2.67. The number of benzene rings is 1. The highest BCUT2D eigenvalue weighted by Gasteiger charge is 2.45. The van der Waals surface area contributed by atoms with Gasteiger partial charge in [0.15, 0.2) is 0 Å². The quantitative estimate of drug-likeness (QED) is 0.871. The third-order valence-corrected chi connectivity index (χ3v) is 3.40. The molecule has 1 saturated carbocycles. The third kappa shape index (κ3) is 1.86. The summed E-state index contributed by atoms with van der Waals surface area (Å²) >= 11 is 3.62. The molecule has 0 saturated heterocycles. The maximum Gasteiger partial charge on any atom is 0.0449 e. The molecule has 1 aliphatic rings. The predicted molar refractivity (Wildman–Crippen MR) is 63.3 cm³/mol. The maximum atomic E-state index is 3.66. The molecule has 2 heteroatoms. The molecule has 0 atom stereocenters. The second kappa shape index (κ2) is 3.67. The Balaban J connectivity index is 2.26. The Morgan fingerprint density at radius 1 is 1.29 bits per heavy atom. The van der Waals surface area contributed by atoms with E-state index in [0.29, 0.717) is 6.04 Å². The fourth-order valence-electron chi connectivity index (χ4n) is 2.02. The van der Waals surface area contributed by atoms with Gasteiger partial charge in [-0.2, -0.15) is 0 Å². The van der Waals surface area contributed by atoms with Gasteiger partial charge in [0.05, 0.1) is 0 Å². The average molecular weight is 254 g/mol. The molecule has 0 spiro atoms. The second-order valence-electron chi connectivity index (χ2n) is 4.36. The lowest BCUT2D eigenvalue weighted by atomic mass is 10.0. The summed E-state index contributed by atoms with van der Waals surface area (Å²) in [6, 6.07) is 9.06. The van der Waals surface area contributed by atoms with Crippen LogP contribution in [0.15, 0.2) is 28.7 Å². The van der Waals surface area contributed by atoms with Crippen molar-refractivity contribution in [3.05, 3.63) is 34.3 Å². The van der Waals surface area contributed by atoms with Crippen LogP contribution in [0.3, 0.4) is 0 Å². The topological polar surface area (TPSA) is 12.0 Å². The van der Waals surface area contributed by atoms with Crippen molar-refractivity contribution in [1.82, 2.24) is 5.32 Å². The Bertz CT molecular complexity index is 329. The van der Waals surface area contributed by atoms with Crippen molar-refractivity contribution in [2.45, 2.75) is 38.3 Å². The van der Waals surface area contributed by atoms with E-state index in [9.17, 15) is 0 Å². The zero-order valence-electron chi connectivity index (χ0n) is 8.68. The van der Waals surface area contributed by atoms with E-state index in [1.54, 1.807) is 0 Å². The highest BCUT2D eigenvalue weighted by molar-refractivity contribution is 9.10. The summed E-state index contributed by atoms with van der Waals surface area (Å²) in [6.07, 6.45) is 2.52. The molecule has 1 aromatic carbocycles. The molecule has 0 heterocycles. The summed E-state index contributed by atoms with van der Waals surface area (Å²) < 4.78 is 1.23. The normalized spacial score (nSPS) is 18.6. The van der Waals surface area contributed by atoms with Crippen LogP contribution in [0.4, 0.5) is 0 Å². The third-order valence-electron chi connectivity index (χ3n) is 2.70. The van der Waals surface area contributed by atoms with Crippen molar-refractivity contribution in [3.8, 4) is 0 Å². The van der Waals surface area contributed by atoms with Gasteiger partial charge in [-0.3, -0.25) is 0 Å². The Morgan fingerprint density at radius 3 is 2.43 bits per heavy atom. The zero-order chi connectivity index (χ0) is 10.2. The Morgan fingerprint density at radius 2 is 1.93 bits per heavy atom. The smallest absolute Gasteiger partial charge is 0.0449 e. The molecule has 14 heavy (non-hydrogen) atoms. The lowest BCUT2D eigenvalue weighted by Gasteiger charge is -2.21. The molecule has 1 aliphatic carbocycles.